The average Bonchev–Trinajstić information content (AvgIpc) is 2.77. The Morgan fingerprint density at radius 3 is 2.67 bits per heavy atom. The molecule has 1 aliphatic heterocycles. The highest BCUT2D eigenvalue weighted by atomic mass is 16.2. The van der Waals surface area contributed by atoms with Gasteiger partial charge in [-0.15, -0.1) is 0 Å². The third kappa shape index (κ3) is 2.43. The van der Waals surface area contributed by atoms with Crippen molar-refractivity contribution in [2.45, 2.75) is 13.1 Å². The molecule has 2 aromatic rings. The number of hydrogen-bond donors (Lipinski definition) is 2. The fraction of sp³-hybridized carbons (Fsp3) is 0.133. The van der Waals surface area contributed by atoms with Gasteiger partial charge in [0.25, 0.3) is 17.0 Å². The first kappa shape index (κ1) is 13.1. The van der Waals surface area contributed by atoms with Crippen LogP contribution in [0.4, 0.5) is 5.69 Å². The number of nitrogens with two attached hydrogens (primary N) is 1. The minimum Gasteiger partial charge on any atom is -0.399 e. The van der Waals surface area contributed by atoms with Crippen LogP contribution in [0.3, 0.4) is 0 Å². The maximum Gasteiger partial charge on any atom is 0.263 e. The van der Waals surface area contributed by atoms with Crippen molar-refractivity contribution in [3.8, 4) is 0 Å². The first-order valence-electron chi connectivity index (χ1n) is 6.45. The topological polar surface area (TPSA) is 96.3 Å². The molecule has 3 rings (SSSR count). The molecule has 21 heavy (non-hydrogen) atoms. The molecular formula is C15H13N3O3. The number of anilines is 1. The van der Waals surface area contributed by atoms with Gasteiger partial charge in [-0.1, -0.05) is 12.1 Å². The Bertz CT molecular complexity index is 842. The Morgan fingerprint density at radius 1 is 1.10 bits per heavy atom. The highest BCUT2D eigenvalue weighted by Gasteiger charge is 2.25. The van der Waals surface area contributed by atoms with Gasteiger partial charge < -0.3 is 10.6 Å². The summed E-state index contributed by atoms with van der Waals surface area (Å²) in [6.45, 7) is 0.832. The number of fused-ring (bicyclic) bond motifs is 1. The first-order chi connectivity index (χ1) is 10.0. The number of aromatic amines is 1. The molecule has 1 aromatic heterocycles. The third-order valence-corrected chi connectivity index (χ3v) is 3.46. The molecule has 0 fully saturated rings. The summed E-state index contributed by atoms with van der Waals surface area (Å²) < 4.78 is 0. The molecule has 1 aliphatic rings. The van der Waals surface area contributed by atoms with Crippen molar-refractivity contribution in [3.63, 3.8) is 0 Å². The normalized spacial score (nSPS) is 13.0. The Morgan fingerprint density at radius 2 is 1.86 bits per heavy atom. The molecule has 3 N–H and O–H groups in total. The summed E-state index contributed by atoms with van der Waals surface area (Å²) in [6.07, 6.45) is 0. The molecule has 0 unspecified atom stereocenters. The zero-order valence-electron chi connectivity index (χ0n) is 11.1. The molecule has 0 radical (unpaired) electrons. The average molecular weight is 283 g/mol. The van der Waals surface area contributed by atoms with E-state index in [1.54, 1.807) is 11.0 Å². The van der Waals surface area contributed by atoms with Gasteiger partial charge in [-0.3, -0.25) is 19.4 Å². The fourth-order valence-corrected chi connectivity index (χ4v) is 2.43. The number of amides is 1. The van der Waals surface area contributed by atoms with Crippen LogP contribution < -0.4 is 16.9 Å². The van der Waals surface area contributed by atoms with E-state index in [0.717, 1.165) is 11.1 Å². The van der Waals surface area contributed by atoms with E-state index >= 15 is 0 Å². The summed E-state index contributed by atoms with van der Waals surface area (Å²) in [5.74, 6) is -0.401. The van der Waals surface area contributed by atoms with Gasteiger partial charge >= 0.3 is 0 Å². The van der Waals surface area contributed by atoms with Gasteiger partial charge in [-0.05, 0) is 29.3 Å². The van der Waals surface area contributed by atoms with Crippen LogP contribution in [0, 0.1) is 0 Å². The van der Waals surface area contributed by atoms with Gasteiger partial charge in [-0.25, -0.2) is 0 Å². The maximum absolute atomic E-state index is 12.4. The van der Waals surface area contributed by atoms with E-state index in [2.05, 4.69) is 4.98 Å². The molecule has 6 nitrogen and oxygen atoms in total. The molecule has 6 heteroatoms. The maximum atomic E-state index is 12.4. The van der Waals surface area contributed by atoms with Gasteiger partial charge in [0, 0.05) is 24.8 Å². The molecule has 0 spiro atoms. The number of rotatable bonds is 1. The van der Waals surface area contributed by atoms with Crippen LogP contribution >= 0.6 is 0 Å². The predicted molar refractivity (Wildman–Crippen MR) is 77.8 cm³/mol. The molecule has 0 saturated carbocycles. The van der Waals surface area contributed by atoms with Gasteiger partial charge in [0.1, 0.15) is 5.56 Å². The molecule has 0 bridgehead atoms. The van der Waals surface area contributed by atoms with Gasteiger partial charge in [-0.2, -0.15) is 0 Å². The van der Waals surface area contributed by atoms with Crippen molar-refractivity contribution in [1.82, 2.24) is 9.88 Å². The molecule has 106 valence electrons. The van der Waals surface area contributed by atoms with E-state index in [0.29, 0.717) is 18.8 Å². The van der Waals surface area contributed by atoms with E-state index < -0.39 is 17.0 Å². The fourth-order valence-electron chi connectivity index (χ4n) is 2.43. The van der Waals surface area contributed by atoms with Crippen molar-refractivity contribution < 1.29 is 4.79 Å². The van der Waals surface area contributed by atoms with Crippen LogP contribution in [-0.2, 0) is 13.1 Å². The molecular weight excluding hydrogens is 270 g/mol. The summed E-state index contributed by atoms with van der Waals surface area (Å²) in [5.41, 5.74) is 7.11. The van der Waals surface area contributed by atoms with Crippen molar-refractivity contribution in [2.75, 3.05) is 5.73 Å². The van der Waals surface area contributed by atoms with E-state index in [-0.39, 0.29) is 5.56 Å². The Kier molecular flexibility index (Phi) is 3.06. The van der Waals surface area contributed by atoms with Crippen molar-refractivity contribution in [2.24, 2.45) is 0 Å². The van der Waals surface area contributed by atoms with Gasteiger partial charge in [0.15, 0.2) is 0 Å². The summed E-state index contributed by atoms with van der Waals surface area (Å²) in [6, 6.07) is 9.45. The van der Waals surface area contributed by atoms with Crippen LogP contribution in [0.1, 0.15) is 21.5 Å². The number of nitrogens with one attached hydrogen (secondary N) is 1. The minimum absolute atomic E-state index is 0.0436. The third-order valence-electron chi connectivity index (χ3n) is 3.46. The molecule has 0 saturated heterocycles. The molecule has 2 heterocycles. The highest BCUT2D eigenvalue weighted by Crippen LogP contribution is 2.25. The molecule has 1 amide bonds. The van der Waals surface area contributed by atoms with Crippen LogP contribution in [0.15, 0.2) is 46.0 Å². The minimum atomic E-state index is -0.675. The lowest BCUT2D eigenvalue weighted by atomic mass is 10.1. The van der Waals surface area contributed by atoms with E-state index in [9.17, 15) is 14.4 Å². The van der Waals surface area contributed by atoms with Gasteiger partial charge in [0.2, 0.25) is 0 Å². The Balaban J connectivity index is 1.94. The Labute approximate surface area is 119 Å². The summed E-state index contributed by atoms with van der Waals surface area (Å²) >= 11 is 0. The number of nitrogen functional groups attached to an aromatic ring is 1. The zero-order chi connectivity index (χ0) is 15.0. The van der Waals surface area contributed by atoms with Crippen molar-refractivity contribution in [3.05, 3.63) is 73.8 Å². The van der Waals surface area contributed by atoms with E-state index in [1.807, 2.05) is 12.1 Å². The van der Waals surface area contributed by atoms with Crippen LogP contribution in [0.2, 0.25) is 0 Å². The largest absolute Gasteiger partial charge is 0.399 e. The standard InChI is InChI=1S/C15H13N3O3/c16-11-5-4-9-7-18(8-10(9)6-11)15(21)12-2-1-3-13(19)17-14(12)20/h1-6H,7-8,16H2,(H,17,19,20). The quantitative estimate of drug-likeness (QED) is 0.744. The summed E-state index contributed by atoms with van der Waals surface area (Å²) in [5, 5.41) is 0. The summed E-state index contributed by atoms with van der Waals surface area (Å²) in [4.78, 5) is 39.2. The van der Waals surface area contributed by atoms with Crippen molar-refractivity contribution in [1.29, 1.82) is 0 Å². The van der Waals surface area contributed by atoms with Gasteiger partial charge in [0.05, 0.1) is 0 Å². The lowest BCUT2D eigenvalue weighted by molar-refractivity contribution is 0.0750. The Hall–Kier alpha value is -2.89. The lowest BCUT2D eigenvalue weighted by Gasteiger charge is -2.14. The van der Waals surface area contributed by atoms with Crippen LogP contribution in [0.5, 0.6) is 0 Å². The summed E-state index contributed by atoms with van der Waals surface area (Å²) in [7, 11) is 0. The predicted octanol–water partition coefficient (Wildman–Crippen LogP) is 0.473. The number of nitrogens with zero attached hydrogens (tertiary/aromatic N) is 1. The zero-order valence-corrected chi connectivity index (χ0v) is 11.1. The highest BCUT2D eigenvalue weighted by molar-refractivity contribution is 5.94. The number of aromatic nitrogens is 1. The second-order valence-corrected chi connectivity index (χ2v) is 4.95. The van der Waals surface area contributed by atoms with E-state index in [4.69, 9.17) is 5.73 Å². The second kappa shape index (κ2) is 4.90. The monoisotopic (exact) mass is 283 g/mol. The number of benzene rings is 1. The number of hydrogen-bond acceptors (Lipinski definition) is 4. The van der Waals surface area contributed by atoms with Crippen molar-refractivity contribution >= 4 is 11.6 Å². The number of carbonyl (C=O) groups excluding carboxylic acids is 1. The number of H-pyrrole nitrogens is 1. The first-order valence-corrected chi connectivity index (χ1v) is 6.45. The smallest absolute Gasteiger partial charge is 0.263 e. The van der Waals surface area contributed by atoms with E-state index in [1.165, 1.54) is 18.2 Å². The van der Waals surface area contributed by atoms with Crippen LogP contribution in [-0.4, -0.2) is 15.8 Å². The molecule has 0 atom stereocenters. The van der Waals surface area contributed by atoms with Crippen LogP contribution in [0.25, 0.3) is 0 Å². The molecule has 0 aliphatic carbocycles. The number of carbonyl (C=O) groups is 1. The SMILES string of the molecule is Nc1ccc2c(c1)CN(C(=O)c1cccc(=O)[nH]c1=O)C2. The molecule has 1 aromatic carbocycles. The lowest BCUT2D eigenvalue weighted by Crippen LogP contribution is -2.31. The second-order valence-electron chi connectivity index (χ2n) is 4.95.